The van der Waals surface area contributed by atoms with Gasteiger partial charge in [0.05, 0.1) is 11.9 Å². The molecule has 0 amide bonds. The zero-order chi connectivity index (χ0) is 18.2. The van der Waals surface area contributed by atoms with Crippen LogP contribution in [0.3, 0.4) is 0 Å². The first-order valence-electron chi connectivity index (χ1n) is 6.57. The Bertz CT molecular complexity index is 890. The van der Waals surface area contributed by atoms with Crippen molar-refractivity contribution >= 4 is 21.6 Å². The summed E-state index contributed by atoms with van der Waals surface area (Å²) in [5.74, 6) is -0.858. The summed E-state index contributed by atoms with van der Waals surface area (Å²) in [4.78, 5) is 4.39. The molecule has 0 bridgehead atoms. The van der Waals surface area contributed by atoms with Crippen LogP contribution in [-0.2, 0) is 4.83 Å². The molecule has 0 saturated heterocycles. The second-order valence-corrected chi connectivity index (χ2v) is 5.81. The summed E-state index contributed by atoms with van der Waals surface area (Å²) in [6.45, 7) is -1.46. The topological polar surface area (TPSA) is 65.2 Å². The zero-order valence-corrected chi connectivity index (χ0v) is 13.6. The van der Waals surface area contributed by atoms with Crippen molar-refractivity contribution in [3.05, 3.63) is 36.5 Å². The highest BCUT2D eigenvalue weighted by atomic mass is 79.9. The number of pyridine rings is 1. The minimum absolute atomic E-state index is 0.107. The second kappa shape index (κ2) is 6.17. The minimum atomic E-state index is -4.47. The molecular weight excluding hydrogens is 417 g/mol. The number of rotatable bonds is 4. The molecule has 0 aromatic carbocycles. The smallest absolute Gasteiger partial charge is 0.422 e. The molecule has 3 rings (SSSR count). The van der Waals surface area contributed by atoms with E-state index in [9.17, 15) is 22.0 Å². The summed E-state index contributed by atoms with van der Waals surface area (Å²) in [5.41, 5.74) is 0.745. The number of aromatic nitrogens is 5. The molecule has 0 aliphatic rings. The van der Waals surface area contributed by atoms with E-state index < -0.39 is 23.4 Å². The molecule has 0 spiro atoms. The van der Waals surface area contributed by atoms with E-state index in [4.69, 9.17) is 0 Å². The fraction of sp³-hybridized carbons (Fsp3) is 0.231. The molecule has 25 heavy (non-hydrogen) atoms. The van der Waals surface area contributed by atoms with Crippen molar-refractivity contribution in [3.8, 4) is 17.1 Å². The standard InChI is InChI=1S/C13H7BrF5N5O/c14-13(18,19)11-23-22-9-4-20-8(5-24(9)11)7-1-2-10(21-3-7)25-6-12(15,16)17/h1-5H,6H2. The average molecular weight is 424 g/mol. The Morgan fingerprint density at radius 3 is 2.40 bits per heavy atom. The second-order valence-electron chi connectivity index (χ2n) is 4.81. The van der Waals surface area contributed by atoms with Gasteiger partial charge in [0.15, 0.2) is 12.3 Å². The average Bonchev–Trinajstić information content (AvgIpc) is 2.96. The van der Waals surface area contributed by atoms with Crippen LogP contribution in [0, 0.1) is 0 Å². The van der Waals surface area contributed by atoms with E-state index >= 15 is 0 Å². The normalized spacial score (nSPS) is 12.6. The number of nitrogens with zero attached hydrogens (tertiary/aromatic N) is 5. The van der Waals surface area contributed by atoms with Crippen molar-refractivity contribution in [3.63, 3.8) is 0 Å². The van der Waals surface area contributed by atoms with Gasteiger partial charge in [-0.1, -0.05) is 0 Å². The van der Waals surface area contributed by atoms with Crippen LogP contribution in [0.4, 0.5) is 22.0 Å². The lowest BCUT2D eigenvalue weighted by atomic mass is 10.2. The van der Waals surface area contributed by atoms with E-state index in [0.29, 0.717) is 5.56 Å². The van der Waals surface area contributed by atoms with Gasteiger partial charge < -0.3 is 4.74 Å². The lowest BCUT2D eigenvalue weighted by Gasteiger charge is -2.09. The van der Waals surface area contributed by atoms with Gasteiger partial charge in [-0.05, 0) is 22.0 Å². The maximum absolute atomic E-state index is 13.4. The number of ether oxygens (including phenoxy) is 1. The largest absolute Gasteiger partial charge is 0.468 e. The first-order chi connectivity index (χ1) is 11.6. The number of hydrogen-bond donors (Lipinski definition) is 0. The molecule has 12 heteroatoms. The van der Waals surface area contributed by atoms with Crippen LogP contribution in [0.5, 0.6) is 5.88 Å². The summed E-state index contributed by atoms with van der Waals surface area (Å²) < 4.78 is 68.7. The van der Waals surface area contributed by atoms with Gasteiger partial charge >= 0.3 is 11.0 Å². The lowest BCUT2D eigenvalue weighted by Crippen LogP contribution is -2.19. The van der Waals surface area contributed by atoms with Gasteiger partial charge in [-0.2, -0.15) is 22.0 Å². The van der Waals surface area contributed by atoms with Crippen LogP contribution in [0.1, 0.15) is 5.82 Å². The summed E-state index contributed by atoms with van der Waals surface area (Å²) in [6.07, 6.45) is -0.749. The van der Waals surface area contributed by atoms with Gasteiger partial charge in [0, 0.05) is 24.0 Å². The first kappa shape index (κ1) is 17.5. The fourth-order valence-corrected chi connectivity index (χ4v) is 2.19. The van der Waals surface area contributed by atoms with Crippen molar-refractivity contribution in [2.45, 2.75) is 11.0 Å². The van der Waals surface area contributed by atoms with E-state index in [2.05, 4.69) is 40.8 Å². The molecule has 0 N–H and O–H groups in total. The number of hydrogen-bond acceptors (Lipinski definition) is 5. The van der Waals surface area contributed by atoms with E-state index in [1.54, 1.807) is 0 Å². The predicted molar refractivity (Wildman–Crippen MR) is 78.4 cm³/mol. The van der Waals surface area contributed by atoms with Crippen LogP contribution < -0.4 is 4.74 Å². The Balaban J connectivity index is 1.89. The third-order valence-electron chi connectivity index (χ3n) is 2.96. The van der Waals surface area contributed by atoms with Gasteiger partial charge in [0.1, 0.15) is 0 Å². The van der Waals surface area contributed by atoms with Crippen LogP contribution in [0.25, 0.3) is 16.9 Å². The Morgan fingerprint density at radius 2 is 1.80 bits per heavy atom. The fourth-order valence-electron chi connectivity index (χ4n) is 1.92. The third kappa shape index (κ3) is 4.00. The molecule has 3 aromatic rings. The molecule has 6 nitrogen and oxygen atoms in total. The molecule has 0 atom stereocenters. The highest BCUT2D eigenvalue weighted by Crippen LogP contribution is 2.33. The molecule has 3 aromatic heterocycles. The molecule has 0 aliphatic heterocycles. The van der Waals surface area contributed by atoms with Crippen LogP contribution >= 0.6 is 15.9 Å². The maximum Gasteiger partial charge on any atom is 0.422 e. The Kier molecular flexibility index (Phi) is 4.31. The molecule has 0 saturated carbocycles. The summed E-state index contributed by atoms with van der Waals surface area (Å²) >= 11 is 2.21. The third-order valence-corrected chi connectivity index (χ3v) is 3.32. The van der Waals surface area contributed by atoms with Gasteiger partial charge in [0.25, 0.3) is 0 Å². The van der Waals surface area contributed by atoms with E-state index in [0.717, 1.165) is 4.40 Å². The molecule has 0 aliphatic carbocycles. The molecule has 0 unspecified atom stereocenters. The van der Waals surface area contributed by atoms with Crippen molar-refractivity contribution in [1.82, 2.24) is 24.6 Å². The Hall–Kier alpha value is -2.37. The molecule has 0 fully saturated rings. The van der Waals surface area contributed by atoms with Gasteiger partial charge in [-0.3, -0.25) is 9.38 Å². The first-order valence-corrected chi connectivity index (χ1v) is 7.37. The quantitative estimate of drug-likeness (QED) is 0.474. The SMILES string of the molecule is FC(F)(F)COc1ccc(-c2cn3c(C(F)(F)Br)nnc3cn2)cn1. The highest BCUT2D eigenvalue weighted by Gasteiger charge is 2.33. The summed E-state index contributed by atoms with van der Waals surface area (Å²) in [6, 6.07) is 2.63. The summed E-state index contributed by atoms with van der Waals surface area (Å²) in [5, 5.41) is 6.98. The summed E-state index contributed by atoms with van der Waals surface area (Å²) in [7, 11) is 0. The van der Waals surface area contributed by atoms with Gasteiger partial charge in [0.2, 0.25) is 11.7 Å². The van der Waals surface area contributed by atoms with Crippen LogP contribution in [0.15, 0.2) is 30.7 Å². The molecule has 0 radical (unpaired) electrons. The van der Waals surface area contributed by atoms with Gasteiger partial charge in [-0.25, -0.2) is 4.98 Å². The van der Waals surface area contributed by atoms with Crippen molar-refractivity contribution < 1.29 is 26.7 Å². The van der Waals surface area contributed by atoms with E-state index in [1.807, 2.05) is 0 Å². The molecular formula is C13H7BrF5N5O. The molecule has 132 valence electrons. The number of alkyl halides is 6. The van der Waals surface area contributed by atoms with E-state index in [-0.39, 0.29) is 17.2 Å². The van der Waals surface area contributed by atoms with Crippen molar-refractivity contribution in [2.24, 2.45) is 0 Å². The molecule has 3 heterocycles. The minimum Gasteiger partial charge on any atom is -0.468 e. The van der Waals surface area contributed by atoms with E-state index in [1.165, 1.54) is 30.7 Å². The maximum atomic E-state index is 13.4. The Morgan fingerprint density at radius 1 is 1.04 bits per heavy atom. The van der Waals surface area contributed by atoms with Crippen LogP contribution in [-0.4, -0.2) is 37.3 Å². The number of halogens is 6. The predicted octanol–water partition coefficient (Wildman–Crippen LogP) is 3.57. The Labute approximate surface area is 144 Å². The highest BCUT2D eigenvalue weighted by molar-refractivity contribution is 9.09. The zero-order valence-electron chi connectivity index (χ0n) is 12.0. The monoisotopic (exact) mass is 423 g/mol. The lowest BCUT2D eigenvalue weighted by molar-refractivity contribution is -0.154. The van der Waals surface area contributed by atoms with Crippen molar-refractivity contribution in [1.29, 1.82) is 0 Å². The number of fused-ring (bicyclic) bond motifs is 1. The van der Waals surface area contributed by atoms with Crippen LogP contribution in [0.2, 0.25) is 0 Å². The van der Waals surface area contributed by atoms with Gasteiger partial charge in [-0.15, -0.1) is 10.2 Å². The van der Waals surface area contributed by atoms with Crippen molar-refractivity contribution in [2.75, 3.05) is 6.61 Å².